The lowest BCUT2D eigenvalue weighted by atomic mass is 10.5. The number of aromatic nitrogens is 1. The van der Waals surface area contributed by atoms with Crippen molar-refractivity contribution < 1.29 is 14.7 Å². The Morgan fingerprint density at radius 3 is 3.00 bits per heavy atom. The highest BCUT2D eigenvalue weighted by atomic mass is 16.4. The largest absolute Gasteiger partial charge is 0.480 e. The minimum atomic E-state index is -0.954. The number of aldehydes is 1. The van der Waals surface area contributed by atoms with Crippen molar-refractivity contribution in [2.75, 3.05) is 0 Å². The van der Waals surface area contributed by atoms with Gasteiger partial charge in [0, 0.05) is 6.20 Å². The third kappa shape index (κ3) is 1.67. The highest BCUT2D eigenvalue weighted by molar-refractivity contribution is 5.74. The molecule has 0 aliphatic heterocycles. The maximum absolute atomic E-state index is 10.3. The van der Waals surface area contributed by atoms with Crippen LogP contribution < -0.4 is 0 Å². The monoisotopic (exact) mass is 153 g/mol. The third-order valence-corrected chi connectivity index (χ3v) is 1.29. The maximum Gasteiger partial charge on any atom is 0.323 e. The Morgan fingerprint density at radius 1 is 1.73 bits per heavy atom. The van der Waals surface area contributed by atoms with Crippen LogP contribution in [0.2, 0.25) is 0 Å². The van der Waals surface area contributed by atoms with E-state index < -0.39 is 5.97 Å². The highest BCUT2D eigenvalue weighted by Crippen LogP contribution is 1.97. The fraction of sp³-hybridized carbons (Fsp3) is 0.143. The molecule has 0 aliphatic carbocycles. The lowest BCUT2D eigenvalue weighted by Gasteiger charge is -1.98. The minimum Gasteiger partial charge on any atom is -0.480 e. The number of carboxylic acid groups (broad SMARTS) is 1. The Balaban J connectivity index is 2.84. The summed E-state index contributed by atoms with van der Waals surface area (Å²) >= 11 is 0. The molecule has 0 unspecified atom stereocenters. The highest BCUT2D eigenvalue weighted by Gasteiger charge is 2.02. The van der Waals surface area contributed by atoms with Gasteiger partial charge < -0.3 is 9.67 Å². The van der Waals surface area contributed by atoms with Gasteiger partial charge in [0.1, 0.15) is 6.54 Å². The quantitative estimate of drug-likeness (QED) is 0.639. The fourth-order valence-corrected chi connectivity index (χ4v) is 0.824. The number of carboxylic acids is 1. The summed E-state index contributed by atoms with van der Waals surface area (Å²) in [5.41, 5.74) is 0.382. The lowest BCUT2D eigenvalue weighted by molar-refractivity contribution is -0.137. The summed E-state index contributed by atoms with van der Waals surface area (Å²) in [6, 6.07) is 3.20. The Morgan fingerprint density at radius 2 is 2.45 bits per heavy atom. The van der Waals surface area contributed by atoms with E-state index in [9.17, 15) is 9.59 Å². The van der Waals surface area contributed by atoms with Gasteiger partial charge in [0.2, 0.25) is 0 Å². The number of hydrogen-bond donors (Lipinski definition) is 1. The summed E-state index contributed by atoms with van der Waals surface area (Å²) in [4.78, 5) is 20.5. The molecule has 58 valence electrons. The van der Waals surface area contributed by atoms with Crippen molar-refractivity contribution in [3.63, 3.8) is 0 Å². The van der Waals surface area contributed by atoms with E-state index in [0.717, 1.165) is 0 Å². The first-order valence-electron chi connectivity index (χ1n) is 3.06. The van der Waals surface area contributed by atoms with Crippen molar-refractivity contribution in [3.05, 3.63) is 24.0 Å². The number of hydrogen-bond acceptors (Lipinski definition) is 2. The molecule has 0 spiro atoms. The molecular weight excluding hydrogens is 146 g/mol. The standard InChI is InChI=1S/C7H7NO3/c9-5-6-2-1-3-8(6)4-7(10)11/h1-3,5H,4H2,(H,10,11). The van der Waals surface area contributed by atoms with Crippen LogP contribution in [0.4, 0.5) is 0 Å². The van der Waals surface area contributed by atoms with Gasteiger partial charge >= 0.3 is 5.97 Å². The molecule has 1 aromatic rings. The van der Waals surface area contributed by atoms with Crippen molar-refractivity contribution in [2.45, 2.75) is 6.54 Å². The molecule has 0 saturated heterocycles. The van der Waals surface area contributed by atoms with Crippen molar-refractivity contribution in [2.24, 2.45) is 0 Å². The van der Waals surface area contributed by atoms with Crippen LogP contribution >= 0.6 is 0 Å². The molecule has 0 saturated carbocycles. The van der Waals surface area contributed by atoms with Crippen LogP contribution in [0.5, 0.6) is 0 Å². The van der Waals surface area contributed by atoms with Crippen LogP contribution in [0.3, 0.4) is 0 Å². The molecule has 11 heavy (non-hydrogen) atoms. The topological polar surface area (TPSA) is 59.3 Å². The maximum atomic E-state index is 10.3. The predicted octanol–water partition coefficient (Wildman–Crippen LogP) is 0.385. The van der Waals surface area contributed by atoms with Gasteiger partial charge in [0.05, 0.1) is 5.69 Å². The third-order valence-electron chi connectivity index (χ3n) is 1.29. The zero-order chi connectivity index (χ0) is 8.27. The van der Waals surface area contributed by atoms with Gasteiger partial charge in [-0.2, -0.15) is 0 Å². The molecule has 0 atom stereocenters. The Hall–Kier alpha value is -1.58. The van der Waals surface area contributed by atoms with E-state index in [1.165, 1.54) is 4.57 Å². The zero-order valence-electron chi connectivity index (χ0n) is 5.73. The van der Waals surface area contributed by atoms with Crippen LogP contribution in [0.25, 0.3) is 0 Å². The van der Waals surface area contributed by atoms with Gasteiger partial charge in [-0.05, 0) is 12.1 Å². The van der Waals surface area contributed by atoms with Crippen LogP contribution in [0.1, 0.15) is 10.5 Å². The first kappa shape index (κ1) is 7.53. The molecule has 1 rings (SSSR count). The zero-order valence-corrected chi connectivity index (χ0v) is 5.73. The SMILES string of the molecule is O=Cc1cccn1CC(=O)O. The summed E-state index contributed by atoms with van der Waals surface area (Å²) in [5, 5.41) is 8.37. The van der Waals surface area contributed by atoms with E-state index >= 15 is 0 Å². The van der Waals surface area contributed by atoms with Gasteiger partial charge in [-0.15, -0.1) is 0 Å². The van der Waals surface area contributed by atoms with Crippen LogP contribution in [-0.2, 0) is 11.3 Å². The van der Waals surface area contributed by atoms with Crippen molar-refractivity contribution in [3.8, 4) is 0 Å². The fourth-order valence-electron chi connectivity index (χ4n) is 0.824. The van der Waals surface area contributed by atoms with Gasteiger partial charge in [-0.3, -0.25) is 9.59 Å². The molecule has 0 amide bonds. The van der Waals surface area contributed by atoms with E-state index in [1.807, 2.05) is 0 Å². The molecule has 1 N–H and O–H groups in total. The summed E-state index contributed by atoms with van der Waals surface area (Å²) < 4.78 is 1.37. The Bertz CT molecular complexity index is 277. The smallest absolute Gasteiger partial charge is 0.323 e. The van der Waals surface area contributed by atoms with Crippen molar-refractivity contribution >= 4 is 12.3 Å². The first-order chi connectivity index (χ1) is 5.24. The van der Waals surface area contributed by atoms with Crippen molar-refractivity contribution in [1.29, 1.82) is 0 Å². The van der Waals surface area contributed by atoms with E-state index in [0.29, 0.717) is 12.0 Å². The van der Waals surface area contributed by atoms with E-state index in [2.05, 4.69) is 0 Å². The number of carbonyl (C=O) groups excluding carboxylic acids is 1. The summed E-state index contributed by atoms with van der Waals surface area (Å²) in [6.07, 6.45) is 2.18. The van der Waals surface area contributed by atoms with E-state index in [4.69, 9.17) is 5.11 Å². The lowest BCUT2D eigenvalue weighted by Crippen LogP contribution is -2.09. The molecule has 0 fully saturated rings. The summed E-state index contributed by atoms with van der Waals surface area (Å²) in [6.45, 7) is -0.166. The molecule has 4 nitrogen and oxygen atoms in total. The second-order valence-electron chi connectivity index (χ2n) is 2.07. The Labute approximate surface area is 63.1 Å². The molecule has 1 aromatic heterocycles. The average Bonchev–Trinajstić information content (AvgIpc) is 2.34. The number of nitrogens with zero attached hydrogens (tertiary/aromatic N) is 1. The molecule has 0 radical (unpaired) electrons. The molecule has 0 aliphatic rings. The first-order valence-corrected chi connectivity index (χ1v) is 3.06. The van der Waals surface area contributed by atoms with Gasteiger partial charge in [-0.1, -0.05) is 0 Å². The van der Waals surface area contributed by atoms with E-state index in [-0.39, 0.29) is 6.54 Å². The minimum absolute atomic E-state index is 0.166. The predicted molar refractivity (Wildman–Crippen MR) is 37.5 cm³/mol. The van der Waals surface area contributed by atoms with Gasteiger partial charge in [-0.25, -0.2) is 0 Å². The van der Waals surface area contributed by atoms with Gasteiger partial charge in [0.15, 0.2) is 6.29 Å². The second-order valence-corrected chi connectivity index (χ2v) is 2.07. The molecule has 0 bridgehead atoms. The van der Waals surface area contributed by atoms with E-state index in [1.54, 1.807) is 18.3 Å². The normalized spacial score (nSPS) is 9.45. The van der Waals surface area contributed by atoms with Crippen LogP contribution in [0.15, 0.2) is 18.3 Å². The number of aliphatic carboxylic acids is 1. The van der Waals surface area contributed by atoms with Crippen molar-refractivity contribution in [1.82, 2.24) is 4.57 Å². The molecular formula is C7H7NO3. The average molecular weight is 153 g/mol. The molecule has 4 heteroatoms. The van der Waals surface area contributed by atoms with Gasteiger partial charge in [0.25, 0.3) is 0 Å². The number of carbonyl (C=O) groups is 2. The summed E-state index contributed by atoms with van der Waals surface area (Å²) in [5.74, 6) is -0.954. The number of rotatable bonds is 3. The molecule has 1 heterocycles. The Kier molecular flexibility index (Phi) is 2.06. The van der Waals surface area contributed by atoms with Crippen LogP contribution in [0, 0.1) is 0 Å². The molecule has 0 aromatic carbocycles. The van der Waals surface area contributed by atoms with Crippen LogP contribution in [-0.4, -0.2) is 21.9 Å². The second kappa shape index (κ2) is 3.01. The summed E-state index contributed by atoms with van der Waals surface area (Å²) in [7, 11) is 0.